The average Bonchev–Trinajstić information content (AvgIpc) is 3.04. The van der Waals surface area contributed by atoms with Crippen molar-refractivity contribution in [2.24, 2.45) is 0 Å². The first kappa shape index (κ1) is 20.8. The lowest BCUT2D eigenvalue weighted by molar-refractivity contribution is -0.119. The summed E-state index contributed by atoms with van der Waals surface area (Å²) in [6.07, 6.45) is 0. The van der Waals surface area contributed by atoms with Crippen LogP contribution in [0.1, 0.15) is 36.8 Å². The van der Waals surface area contributed by atoms with Crippen LogP contribution in [0.2, 0.25) is 0 Å². The molecule has 2 atom stereocenters. The Morgan fingerprint density at radius 2 is 2.00 bits per heavy atom. The fourth-order valence-corrected chi connectivity index (χ4v) is 3.18. The normalized spacial score (nSPS) is 12.9. The van der Waals surface area contributed by atoms with Crippen molar-refractivity contribution in [2.45, 2.75) is 39.0 Å². The molecule has 2 rings (SSSR count). The smallest absolute Gasteiger partial charge is 0.238 e. The van der Waals surface area contributed by atoms with Gasteiger partial charge in [-0.3, -0.25) is 9.59 Å². The maximum atomic E-state index is 12.3. The zero-order valence-electron chi connectivity index (χ0n) is 16.2. The van der Waals surface area contributed by atoms with Crippen LogP contribution >= 0.6 is 11.8 Å². The summed E-state index contributed by atoms with van der Waals surface area (Å²) in [5.74, 6) is 1.52. The second kappa shape index (κ2) is 9.45. The first-order chi connectivity index (χ1) is 12.8. The first-order valence-electron chi connectivity index (χ1n) is 8.59. The number of anilines is 1. The van der Waals surface area contributed by atoms with Gasteiger partial charge in [-0.1, -0.05) is 22.9 Å². The maximum Gasteiger partial charge on any atom is 0.238 e. The summed E-state index contributed by atoms with van der Waals surface area (Å²) in [5, 5.41) is 8.92. The quantitative estimate of drug-likeness (QED) is 0.718. The van der Waals surface area contributed by atoms with Gasteiger partial charge in [-0.15, -0.1) is 11.8 Å². The third-order valence-corrected chi connectivity index (χ3v) is 5.09. The molecule has 0 saturated heterocycles. The molecule has 0 saturated carbocycles. The third-order valence-electron chi connectivity index (χ3n) is 3.94. The van der Waals surface area contributed by atoms with Crippen molar-refractivity contribution in [3.8, 4) is 5.75 Å². The van der Waals surface area contributed by atoms with Gasteiger partial charge in [0.1, 0.15) is 11.5 Å². The summed E-state index contributed by atoms with van der Waals surface area (Å²) >= 11 is 1.26. The van der Waals surface area contributed by atoms with E-state index >= 15 is 0 Å². The van der Waals surface area contributed by atoms with Crippen molar-refractivity contribution in [3.63, 3.8) is 0 Å². The lowest BCUT2D eigenvalue weighted by atomic mass is 10.0. The number of aromatic nitrogens is 1. The van der Waals surface area contributed by atoms with Crippen LogP contribution in [0.4, 0.5) is 5.82 Å². The number of methoxy groups -OCH3 is 1. The molecule has 0 unspecified atom stereocenters. The highest BCUT2D eigenvalue weighted by Crippen LogP contribution is 2.26. The number of hydrogen-bond acceptors (Lipinski definition) is 6. The van der Waals surface area contributed by atoms with Gasteiger partial charge < -0.3 is 19.9 Å². The largest absolute Gasteiger partial charge is 0.496 e. The number of nitrogens with zero attached hydrogens (tertiary/aromatic N) is 1. The van der Waals surface area contributed by atoms with Crippen LogP contribution in [-0.2, 0) is 9.59 Å². The number of benzene rings is 1. The molecule has 0 aliphatic carbocycles. The first-order valence-corrected chi connectivity index (χ1v) is 9.64. The molecule has 0 spiro atoms. The molecule has 146 valence electrons. The highest BCUT2D eigenvalue weighted by molar-refractivity contribution is 8.01. The van der Waals surface area contributed by atoms with E-state index < -0.39 is 5.25 Å². The number of ether oxygens (including phenoxy) is 1. The highest BCUT2D eigenvalue weighted by Gasteiger charge is 2.19. The van der Waals surface area contributed by atoms with Gasteiger partial charge in [-0.05, 0) is 33.8 Å². The van der Waals surface area contributed by atoms with E-state index in [4.69, 9.17) is 9.26 Å². The van der Waals surface area contributed by atoms with Crippen LogP contribution < -0.4 is 15.4 Å². The highest BCUT2D eigenvalue weighted by atomic mass is 32.2. The van der Waals surface area contributed by atoms with E-state index in [1.165, 1.54) is 11.8 Å². The number of aryl methyl sites for hydroxylation is 2. The van der Waals surface area contributed by atoms with Crippen molar-refractivity contribution in [3.05, 3.63) is 41.2 Å². The minimum absolute atomic E-state index is 0.145. The molecule has 8 heteroatoms. The van der Waals surface area contributed by atoms with Crippen molar-refractivity contribution in [2.75, 3.05) is 18.2 Å². The molecule has 0 bridgehead atoms. The van der Waals surface area contributed by atoms with E-state index in [0.717, 1.165) is 16.9 Å². The fourth-order valence-electron chi connectivity index (χ4n) is 2.48. The minimum Gasteiger partial charge on any atom is -0.496 e. The minimum atomic E-state index is -0.406. The SMILES string of the molecule is COc1ccc(C)cc1[C@@H](C)NC(=O)CS[C@@H](C)C(=O)Nc1cc(C)on1. The number of thioether (sulfide) groups is 1. The number of nitrogens with one attached hydrogen (secondary N) is 2. The molecule has 0 radical (unpaired) electrons. The molecule has 2 N–H and O–H groups in total. The van der Waals surface area contributed by atoms with Gasteiger partial charge >= 0.3 is 0 Å². The Balaban J connectivity index is 1.84. The molecule has 2 aromatic rings. The number of hydrogen-bond donors (Lipinski definition) is 2. The zero-order valence-corrected chi connectivity index (χ0v) is 17.0. The molecule has 1 heterocycles. The third kappa shape index (κ3) is 6.02. The number of carbonyl (C=O) groups excluding carboxylic acids is 2. The Morgan fingerprint density at radius 3 is 2.63 bits per heavy atom. The number of amides is 2. The van der Waals surface area contributed by atoms with Gasteiger partial charge in [0.15, 0.2) is 5.82 Å². The molecule has 0 fully saturated rings. The van der Waals surface area contributed by atoms with Gasteiger partial charge in [0.05, 0.1) is 24.2 Å². The molecule has 0 aliphatic heterocycles. The van der Waals surface area contributed by atoms with Gasteiger partial charge in [0.25, 0.3) is 0 Å². The summed E-state index contributed by atoms with van der Waals surface area (Å²) in [6, 6.07) is 7.28. The predicted molar refractivity (Wildman–Crippen MR) is 106 cm³/mol. The van der Waals surface area contributed by atoms with Gasteiger partial charge in [-0.2, -0.15) is 0 Å². The van der Waals surface area contributed by atoms with E-state index in [9.17, 15) is 9.59 Å². The Hall–Kier alpha value is -2.48. The van der Waals surface area contributed by atoms with Crippen LogP contribution in [0.3, 0.4) is 0 Å². The maximum absolute atomic E-state index is 12.3. The van der Waals surface area contributed by atoms with E-state index in [-0.39, 0.29) is 23.6 Å². The van der Waals surface area contributed by atoms with Crippen LogP contribution in [0, 0.1) is 13.8 Å². The van der Waals surface area contributed by atoms with Crippen molar-refractivity contribution in [1.29, 1.82) is 0 Å². The molecular formula is C19H25N3O4S. The Labute approximate surface area is 163 Å². The topological polar surface area (TPSA) is 93.5 Å². The monoisotopic (exact) mass is 391 g/mol. The summed E-state index contributed by atoms with van der Waals surface area (Å²) in [6.45, 7) is 7.38. The Bertz CT molecular complexity index is 806. The zero-order chi connectivity index (χ0) is 20.0. The molecule has 7 nitrogen and oxygen atoms in total. The van der Waals surface area contributed by atoms with E-state index in [2.05, 4.69) is 15.8 Å². The lowest BCUT2D eigenvalue weighted by Crippen LogP contribution is -2.30. The summed E-state index contributed by atoms with van der Waals surface area (Å²) < 4.78 is 10.3. The van der Waals surface area contributed by atoms with Crippen LogP contribution in [0.15, 0.2) is 28.8 Å². The van der Waals surface area contributed by atoms with E-state index in [1.807, 2.05) is 32.0 Å². The fraction of sp³-hybridized carbons (Fsp3) is 0.421. The van der Waals surface area contributed by atoms with Crippen LogP contribution in [0.5, 0.6) is 5.75 Å². The van der Waals surface area contributed by atoms with Gasteiger partial charge in [-0.25, -0.2) is 0 Å². The Kier molecular flexibility index (Phi) is 7.29. The van der Waals surface area contributed by atoms with Crippen molar-refractivity contribution < 1.29 is 18.8 Å². The molecule has 0 aliphatic rings. The molecule has 2 amide bonds. The van der Waals surface area contributed by atoms with Gasteiger partial charge in [0, 0.05) is 11.6 Å². The summed E-state index contributed by atoms with van der Waals surface area (Å²) in [5.41, 5.74) is 2.01. The van der Waals surface area contributed by atoms with Gasteiger partial charge in [0.2, 0.25) is 11.8 Å². The average molecular weight is 391 g/mol. The van der Waals surface area contributed by atoms with Crippen molar-refractivity contribution >= 4 is 29.4 Å². The lowest BCUT2D eigenvalue weighted by Gasteiger charge is -2.18. The predicted octanol–water partition coefficient (Wildman–Crippen LogP) is 3.24. The number of carbonyl (C=O) groups is 2. The summed E-state index contributed by atoms with van der Waals surface area (Å²) in [7, 11) is 1.61. The second-order valence-electron chi connectivity index (χ2n) is 6.30. The summed E-state index contributed by atoms with van der Waals surface area (Å²) in [4.78, 5) is 24.4. The molecule has 1 aromatic carbocycles. The molecule has 27 heavy (non-hydrogen) atoms. The van der Waals surface area contributed by atoms with Crippen molar-refractivity contribution in [1.82, 2.24) is 10.5 Å². The van der Waals surface area contributed by atoms with Crippen LogP contribution in [-0.4, -0.2) is 35.1 Å². The standard InChI is InChI=1S/C19H25N3O4S/c1-11-6-7-16(25-5)15(8-11)13(3)20-18(23)10-27-14(4)19(24)21-17-9-12(2)26-22-17/h6-9,13-14H,10H2,1-5H3,(H,20,23)(H,21,22,24)/t13-,14+/m1/s1. The van der Waals surface area contributed by atoms with Crippen LogP contribution in [0.25, 0.3) is 0 Å². The van der Waals surface area contributed by atoms with E-state index in [0.29, 0.717) is 11.6 Å². The Morgan fingerprint density at radius 1 is 1.26 bits per heavy atom. The molecule has 1 aromatic heterocycles. The number of rotatable bonds is 8. The molecular weight excluding hydrogens is 366 g/mol. The van der Waals surface area contributed by atoms with E-state index in [1.54, 1.807) is 27.0 Å². The second-order valence-corrected chi connectivity index (χ2v) is 7.63.